The Morgan fingerprint density at radius 3 is 2.67 bits per heavy atom. The van der Waals surface area contributed by atoms with E-state index in [2.05, 4.69) is 25.1 Å². The van der Waals surface area contributed by atoms with Gasteiger partial charge in [0.25, 0.3) is 11.7 Å². The highest BCUT2D eigenvalue weighted by Crippen LogP contribution is 2.29. The molecule has 0 aliphatic carbocycles. The number of carbonyl (C=O) groups is 1. The second kappa shape index (κ2) is 7.08. The van der Waals surface area contributed by atoms with E-state index in [4.69, 9.17) is 4.42 Å². The summed E-state index contributed by atoms with van der Waals surface area (Å²) in [6.45, 7) is 0. The zero-order chi connectivity index (χ0) is 20.7. The summed E-state index contributed by atoms with van der Waals surface area (Å²) in [5.41, 5.74) is 2.45. The molecule has 148 valence electrons. The third kappa shape index (κ3) is 3.29. The van der Waals surface area contributed by atoms with Crippen molar-refractivity contribution >= 4 is 27.3 Å². The summed E-state index contributed by atoms with van der Waals surface area (Å²) >= 11 is 1.25. The lowest BCUT2D eigenvalue weighted by atomic mass is 10.1. The van der Waals surface area contributed by atoms with Crippen LogP contribution in [0.4, 0.5) is 0 Å². The standard InChI is InChI=1S/C20H13N5O4S/c26-16(18-25-24-15(29-18)9-13-17(27)23-20(28)22-13)19-21-12-7-6-11(8-14(12)30-19)10-4-2-1-3-5-10/h1-8,27H,9H2,(H2,22,23,28). The number of fused-ring (bicyclic) bond motifs is 1. The maximum atomic E-state index is 12.7. The topological polar surface area (TPSA) is 138 Å². The molecule has 0 amide bonds. The first-order chi connectivity index (χ1) is 14.6. The van der Waals surface area contributed by atoms with E-state index in [9.17, 15) is 14.7 Å². The van der Waals surface area contributed by atoms with Gasteiger partial charge < -0.3 is 14.5 Å². The number of aromatic amines is 2. The van der Waals surface area contributed by atoms with E-state index in [1.807, 2.05) is 48.5 Å². The average molecular weight is 419 g/mol. The first-order valence-electron chi connectivity index (χ1n) is 8.90. The quantitative estimate of drug-likeness (QED) is 0.372. The van der Waals surface area contributed by atoms with Gasteiger partial charge in [-0.05, 0) is 23.3 Å². The number of benzene rings is 2. The molecule has 0 radical (unpaired) electrons. The molecule has 0 saturated heterocycles. The summed E-state index contributed by atoms with van der Waals surface area (Å²) in [5, 5.41) is 17.4. The Labute approximate surface area is 172 Å². The maximum Gasteiger partial charge on any atom is 0.325 e. The van der Waals surface area contributed by atoms with Crippen molar-refractivity contribution in [3.8, 4) is 17.0 Å². The largest absolute Gasteiger partial charge is 0.493 e. The minimum absolute atomic E-state index is 0.0227. The predicted molar refractivity (Wildman–Crippen MR) is 109 cm³/mol. The molecule has 9 nitrogen and oxygen atoms in total. The second-order valence-corrected chi connectivity index (χ2v) is 7.51. The number of hydrogen-bond acceptors (Lipinski definition) is 8. The molecule has 5 aromatic rings. The number of aromatic hydroxyl groups is 1. The van der Waals surface area contributed by atoms with Crippen molar-refractivity contribution < 1.29 is 14.3 Å². The highest BCUT2D eigenvalue weighted by atomic mass is 32.1. The van der Waals surface area contributed by atoms with Crippen LogP contribution >= 0.6 is 11.3 Å². The molecule has 2 aromatic carbocycles. The van der Waals surface area contributed by atoms with Crippen LogP contribution in [0, 0.1) is 0 Å². The molecule has 0 aliphatic rings. The fourth-order valence-corrected chi connectivity index (χ4v) is 3.97. The van der Waals surface area contributed by atoms with Crippen molar-refractivity contribution in [3.63, 3.8) is 0 Å². The Morgan fingerprint density at radius 1 is 1.07 bits per heavy atom. The Morgan fingerprint density at radius 2 is 1.90 bits per heavy atom. The van der Waals surface area contributed by atoms with E-state index in [1.54, 1.807) is 0 Å². The van der Waals surface area contributed by atoms with Gasteiger partial charge in [-0.1, -0.05) is 36.4 Å². The van der Waals surface area contributed by atoms with Crippen LogP contribution in [0.1, 0.15) is 27.3 Å². The summed E-state index contributed by atoms with van der Waals surface area (Å²) < 4.78 is 6.27. The second-order valence-electron chi connectivity index (χ2n) is 6.48. The third-order valence-corrected chi connectivity index (χ3v) is 5.48. The Bertz CT molecular complexity index is 1430. The van der Waals surface area contributed by atoms with Gasteiger partial charge in [-0.15, -0.1) is 21.5 Å². The molecule has 30 heavy (non-hydrogen) atoms. The number of nitrogens with one attached hydrogen (secondary N) is 2. The molecule has 0 saturated carbocycles. The van der Waals surface area contributed by atoms with E-state index in [-0.39, 0.29) is 34.8 Å². The van der Waals surface area contributed by atoms with E-state index in [1.165, 1.54) is 11.3 Å². The first kappa shape index (κ1) is 18.0. The molecular weight excluding hydrogens is 406 g/mol. The summed E-state index contributed by atoms with van der Waals surface area (Å²) in [7, 11) is 0. The number of nitrogens with zero attached hydrogens (tertiary/aromatic N) is 3. The molecule has 5 rings (SSSR count). The van der Waals surface area contributed by atoms with Crippen molar-refractivity contribution in [1.82, 2.24) is 25.1 Å². The van der Waals surface area contributed by atoms with Gasteiger partial charge in [0.1, 0.15) is 0 Å². The van der Waals surface area contributed by atoms with Gasteiger partial charge in [0.2, 0.25) is 11.8 Å². The number of H-pyrrole nitrogens is 2. The minimum Gasteiger partial charge on any atom is -0.493 e. The molecule has 3 aromatic heterocycles. The van der Waals surface area contributed by atoms with Crippen molar-refractivity contribution in [3.05, 3.63) is 81.5 Å². The Hall–Kier alpha value is -4.05. The van der Waals surface area contributed by atoms with Gasteiger partial charge in [-0.2, -0.15) is 0 Å². The molecule has 3 N–H and O–H groups in total. The lowest BCUT2D eigenvalue weighted by Gasteiger charge is -2.00. The van der Waals surface area contributed by atoms with Gasteiger partial charge in [-0.25, -0.2) is 9.78 Å². The highest BCUT2D eigenvalue weighted by Gasteiger charge is 2.22. The minimum atomic E-state index is -0.553. The number of aromatic nitrogens is 5. The smallest absolute Gasteiger partial charge is 0.325 e. The number of carbonyl (C=O) groups excluding carboxylic acids is 1. The molecule has 0 unspecified atom stereocenters. The van der Waals surface area contributed by atoms with Gasteiger partial charge in [0, 0.05) is 0 Å². The van der Waals surface area contributed by atoms with Gasteiger partial charge in [0.05, 0.1) is 22.3 Å². The molecule has 0 bridgehead atoms. The van der Waals surface area contributed by atoms with Gasteiger partial charge >= 0.3 is 5.69 Å². The molecule has 0 aliphatic heterocycles. The van der Waals surface area contributed by atoms with Crippen molar-refractivity contribution in [2.24, 2.45) is 0 Å². The molecule has 0 atom stereocenters. The maximum absolute atomic E-state index is 12.7. The SMILES string of the molecule is O=C(c1nnc(Cc2[nH]c(=O)[nH]c2O)o1)c1nc2ccc(-c3ccccc3)cc2s1. The van der Waals surface area contributed by atoms with E-state index < -0.39 is 11.5 Å². The van der Waals surface area contributed by atoms with Crippen LogP contribution in [0.3, 0.4) is 0 Å². The summed E-state index contributed by atoms with van der Waals surface area (Å²) in [6.07, 6.45) is -0.0227. The predicted octanol–water partition coefficient (Wildman–Crippen LogP) is 2.89. The van der Waals surface area contributed by atoms with E-state index in [0.29, 0.717) is 5.52 Å². The average Bonchev–Trinajstić information content (AvgIpc) is 3.46. The van der Waals surface area contributed by atoms with Crippen LogP contribution in [0.25, 0.3) is 21.3 Å². The zero-order valence-electron chi connectivity index (χ0n) is 15.2. The van der Waals surface area contributed by atoms with Crippen molar-refractivity contribution in [2.45, 2.75) is 6.42 Å². The molecule has 10 heteroatoms. The van der Waals surface area contributed by atoms with Crippen LogP contribution in [-0.4, -0.2) is 36.0 Å². The number of imidazole rings is 1. The summed E-state index contributed by atoms with van der Waals surface area (Å²) in [6, 6.07) is 15.8. The molecule has 0 fully saturated rings. The van der Waals surface area contributed by atoms with Crippen molar-refractivity contribution in [2.75, 3.05) is 0 Å². The van der Waals surface area contributed by atoms with Crippen LogP contribution in [-0.2, 0) is 6.42 Å². The number of rotatable bonds is 5. The summed E-state index contributed by atoms with van der Waals surface area (Å²) in [4.78, 5) is 32.9. The van der Waals surface area contributed by atoms with Crippen LogP contribution < -0.4 is 5.69 Å². The zero-order valence-corrected chi connectivity index (χ0v) is 16.1. The Kier molecular flexibility index (Phi) is 4.25. The number of hydrogen-bond donors (Lipinski definition) is 3. The first-order valence-corrected chi connectivity index (χ1v) is 9.72. The van der Waals surface area contributed by atoms with Crippen LogP contribution in [0.5, 0.6) is 5.88 Å². The van der Waals surface area contributed by atoms with Gasteiger partial charge in [-0.3, -0.25) is 9.78 Å². The fraction of sp³-hybridized carbons (Fsp3) is 0.0500. The van der Waals surface area contributed by atoms with E-state index in [0.717, 1.165) is 15.8 Å². The van der Waals surface area contributed by atoms with Gasteiger partial charge in [0.15, 0.2) is 5.01 Å². The highest BCUT2D eigenvalue weighted by molar-refractivity contribution is 7.20. The number of ketones is 1. The molecular formula is C20H13N5O4S. The van der Waals surface area contributed by atoms with Crippen LogP contribution in [0.2, 0.25) is 0 Å². The third-order valence-electron chi connectivity index (χ3n) is 4.46. The number of thiazole rings is 1. The van der Waals surface area contributed by atoms with Crippen molar-refractivity contribution in [1.29, 1.82) is 0 Å². The van der Waals surface area contributed by atoms with E-state index >= 15 is 0 Å². The lowest BCUT2D eigenvalue weighted by Crippen LogP contribution is -2.01. The molecule has 3 heterocycles. The fourth-order valence-electron chi connectivity index (χ4n) is 3.03. The monoisotopic (exact) mass is 419 g/mol. The summed E-state index contributed by atoms with van der Waals surface area (Å²) in [5.74, 6) is -0.921. The Balaban J connectivity index is 1.41. The van der Waals surface area contributed by atoms with Crippen LogP contribution in [0.15, 0.2) is 57.7 Å². The molecule has 0 spiro atoms. The lowest BCUT2D eigenvalue weighted by molar-refractivity contribution is 0.100. The normalized spacial score (nSPS) is 11.2.